The number of rotatable bonds is 5. The average molecular weight is 468 g/mol. The van der Waals surface area contributed by atoms with Gasteiger partial charge in [0.05, 0.1) is 17.0 Å². The number of benzene rings is 1. The van der Waals surface area contributed by atoms with Crippen LogP contribution >= 0.6 is 0 Å². The number of likely N-dealkylation sites (tertiary alicyclic amines) is 1. The summed E-state index contributed by atoms with van der Waals surface area (Å²) in [6, 6.07) is 7.09. The highest BCUT2D eigenvalue weighted by molar-refractivity contribution is 7.90. The molecule has 2 N–H and O–H groups in total. The first-order valence-corrected chi connectivity index (χ1v) is 12.9. The third-order valence-corrected chi connectivity index (χ3v) is 8.23. The zero-order chi connectivity index (χ0) is 23.5. The van der Waals surface area contributed by atoms with Gasteiger partial charge in [0.25, 0.3) is 0 Å². The molecule has 0 bridgehead atoms. The third kappa shape index (κ3) is 6.59. The van der Waals surface area contributed by atoms with Gasteiger partial charge in [-0.1, -0.05) is 0 Å². The van der Waals surface area contributed by atoms with Crippen LogP contribution in [0.1, 0.15) is 60.3 Å². The van der Waals surface area contributed by atoms with Crippen LogP contribution < -0.4 is 14.8 Å². The number of hydrogen-bond donors (Lipinski definition) is 2. The molecule has 2 aliphatic rings. The van der Waals surface area contributed by atoms with Gasteiger partial charge in [0.1, 0.15) is 11.9 Å². The first-order chi connectivity index (χ1) is 14.9. The van der Waals surface area contributed by atoms with Gasteiger partial charge < -0.3 is 19.7 Å². The minimum Gasteiger partial charge on any atom is -0.490 e. The Bertz CT molecular complexity index is 864. The van der Waals surface area contributed by atoms with Crippen LogP contribution in [0.4, 0.5) is 10.5 Å². The second kappa shape index (κ2) is 9.97. The summed E-state index contributed by atoms with van der Waals surface area (Å²) in [6.07, 6.45) is 3.43. The monoisotopic (exact) mass is 467 g/mol. The van der Waals surface area contributed by atoms with Crippen LogP contribution in [0.5, 0.6) is 5.75 Å². The van der Waals surface area contributed by atoms with Crippen molar-refractivity contribution in [3.63, 3.8) is 0 Å². The second-order valence-corrected chi connectivity index (χ2v) is 12.4. The fourth-order valence-corrected chi connectivity index (χ4v) is 5.08. The number of hydrogen-bond acceptors (Lipinski definition) is 5. The van der Waals surface area contributed by atoms with Crippen LogP contribution in [0.3, 0.4) is 0 Å². The van der Waals surface area contributed by atoms with E-state index in [4.69, 9.17) is 9.47 Å². The molecule has 0 radical (unpaired) electrons. The summed E-state index contributed by atoms with van der Waals surface area (Å²) in [6.45, 7) is 10.2. The van der Waals surface area contributed by atoms with Crippen molar-refractivity contribution in [2.75, 3.05) is 18.4 Å². The quantitative estimate of drug-likeness (QED) is 0.688. The molecule has 2 aliphatic heterocycles. The Labute approximate surface area is 192 Å². The van der Waals surface area contributed by atoms with E-state index in [2.05, 4.69) is 23.9 Å². The van der Waals surface area contributed by atoms with Gasteiger partial charge in [-0.05, 0) is 71.7 Å². The minimum atomic E-state index is -3.39. The summed E-state index contributed by atoms with van der Waals surface area (Å²) >= 11 is 0. The molecule has 1 aromatic carbocycles. The van der Waals surface area contributed by atoms with Crippen molar-refractivity contribution in [2.45, 2.75) is 89.4 Å². The maximum Gasteiger partial charge on any atom is 0.321 e. The van der Waals surface area contributed by atoms with Gasteiger partial charge in [-0.3, -0.25) is 0 Å². The van der Waals surface area contributed by atoms with Crippen LogP contribution in [0, 0.1) is 0 Å². The van der Waals surface area contributed by atoms with Gasteiger partial charge in [0.15, 0.2) is 0 Å². The maximum absolute atomic E-state index is 12.6. The fraction of sp³-hybridized carbons (Fsp3) is 0.696. The minimum absolute atomic E-state index is 0.131. The first-order valence-electron chi connectivity index (χ1n) is 11.4. The number of anilines is 1. The average Bonchev–Trinajstić information content (AvgIpc) is 2.68. The molecule has 2 fully saturated rings. The van der Waals surface area contributed by atoms with Crippen LogP contribution in [0.25, 0.3) is 0 Å². The molecule has 0 aliphatic carbocycles. The Balaban J connectivity index is 1.46. The van der Waals surface area contributed by atoms with E-state index in [1.165, 1.54) is 0 Å². The lowest BCUT2D eigenvalue weighted by Gasteiger charge is -2.33. The summed E-state index contributed by atoms with van der Waals surface area (Å²) in [4.78, 5) is 14.3. The summed E-state index contributed by atoms with van der Waals surface area (Å²) < 4.78 is 38.5. The molecule has 0 saturated carbocycles. The van der Waals surface area contributed by atoms with Crippen molar-refractivity contribution in [2.24, 2.45) is 0 Å². The van der Waals surface area contributed by atoms with Gasteiger partial charge in [0.2, 0.25) is 10.0 Å². The molecular weight excluding hydrogens is 430 g/mol. The van der Waals surface area contributed by atoms with Crippen molar-refractivity contribution < 1.29 is 22.7 Å². The van der Waals surface area contributed by atoms with E-state index in [0.717, 1.165) is 18.6 Å². The van der Waals surface area contributed by atoms with Gasteiger partial charge >= 0.3 is 6.03 Å². The van der Waals surface area contributed by atoms with E-state index < -0.39 is 14.8 Å². The fourth-order valence-electron chi connectivity index (χ4n) is 4.05. The Morgan fingerprint density at radius 1 is 1.06 bits per heavy atom. The molecule has 3 rings (SSSR count). The molecule has 0 spiro atoms. The number of carbonyl (C=O) groups excluding carboxylic acids is 1. The van der Waals surface area contributed by atoms with E-state index in [9.17, 15) is 13.2 Å². The highest BCUT2D eigenvalue weighted by Crippen LogP contribution is 2.25. The zero-order valence-corrected chi connectivity index (χ0v) is 20.6. The van der Waals surface area contributed by atoms with E-state index in [-0.39, 0.29) is 30.4 Å². The topological polar surface area (TPSA) is 97.0 Å². The summed E-state index contributed by atoms with van der Waals surface area (Å²) in [7, 11) is -3.39. The van der Waals surface area contributed by atoms with Crippen LogP contribution in [-0.2, 0) is 14.8 Å². The molecule has 1 aromatic rings. The second-order valence-electron chi connectivity index (χ2n) is 9.92. The Morgan fingerprint density at radius 2 is 1.62 bits per heavy atom. The van der Waals surface area contributed by atoms with Crippen molar-refractivity contribution in [3.05, 3.63) is 24.3 Å². The lowest BCUT2D eigenvalue weighted by Crippen LogP contribution is -2.50. The molecule has 8 nitrogen and oxygen atoms in total. The molecule has 2 saturated heterocycles. The number of sulfonamides is 1. The number of nitrogens with one attached hydrogen (secondary N) is 2. The number of nitrogens with zero attached hydrogens (tertiary/aromatic N) is 1. The molecule has 0 aromatic heterocycles. The SMILES string of the molecule is CC1CC(Oc2ccc(NC(=O)N3CCC(NS(=O)(=O)C(C)(C)C)CC3)cc2)CC(C)O1. The highest BCUT2D eigenvalue weighted by Gasteiger charge is 2.33. The third-order valence-electron chi connectivity index (χ3n) is 5.97. The largest absolute Gasteiger partial charge is 0.490 e. The smallest absolute Gasteiger partial charge is 0.321 e. The van der Waals surface area contributed by atoms with Crippen molar-refractivity contribution >= 4 is 21.7 Å². The number of piperidine rings is 1. The van der Waals surface area contributed by atoms with Crippen LogP contribution in [0.2, 0.25) is 0 Å². The summed E-state index contributed by atoms with van der Waals surface area (Å²) in [5.41, 5.74) is 0.701. The van der Waals surface area contributed by atoms with Crippen molar-refractivity contribution in [1.29, 1.82) is 0 Å². The Morgan fingerprint density at radius 3 is 2.16 bits per heavy atom. The number of ether oxygens (including phenoxy) is 2. The molecule has 2 heterocycles. The van der Waals surface area contributed by atoms with Crippen molar-refractivity contribution in [1.82, 2.24) is 9.62 Å². The molecule has 2 atom stereocenters. The van der Waals surface area contributed by atoms with Crippen molar-refractivity contribution in [3.8, 4) is 5.75 Å². The Hall–Kier alpha value is -1.84. The molecule has 9 heteroatoms. The normalized spacial score (nSPS) is 25.4. The highest BCUT2D eigenvalue weighted by atomic mass is 32.2. The lowest BCUT2D eigenvalue weighted by atomic mass is 10.0. The van der Waals surface area contributed by atoms with E-state index >= 15 is 0 Å². The number of urea groups is 1. The molecular formula is C23H37N3O5S. The maximum atomic E-state index is 12.6. The molecule has 180 valence electrons. The van der Waals surface area contributed by atoms with Gasteiger partial charge in [0, 0.05) is 37.7 Å². The van der Waals surface area contributed by atoms with Crippen LogP contribution in [-0.4, -0.2) is 61.5 Å². The predicted octanol–water partition coefficient (Wildman–Crippen LogP) is 3.74. The first kappa shape index (κ1) is 24.8. The predicted molar refractivity (Wildman–Crippen MR) is 126 cm³/mol. The van der Waals surface area contributed by atoms with E-state index in [1.54, 1.807) is 25.7 Å². The van der Waals surface area contributed by atoms with E-state index in [0.29, 0.717) is 31.6 Å². The van der Waals surface area contributed by atoms with E-state index in [1.807, 2.05) is 24.3 Å². The number of carbonyl (C=O) groups is 1. The van der Waals surface area contributed by atoms with Gasteiger partial charge in [-0.25, -0.2) is 17.9 Å². The number of amides is 2. The molecule has 2 unspecified atom stereocenters. The standard InChI is InChI=1S/C23H37N3O5S/c1-16-14-21(15-17(2)30-16)31-20-8-6-18(7-9-20)24-22(27)26-12-10-19(11-13-26)25-32(28,29)23(3,4)5/h6-9,16-17,19,21,25H,10-15H2,1-5H3,(H,24,27). The lowest BCUT2D eigenvalue weighted by molar-refractivity contribution is -0.0721. The zero-order valence-electron chi connectivity index (χ0n) is 19.8. The molecule has 32 heavy (non-hydrogen) atoms. The van der Waals surface area contributed by atoms with Gasteiger partial charge in [-0.2, -0.15) is 0 Å². The van der Waals surface area contributed by atoms with Gasteiger partial charge in [-0.15, -0.1) is 0 Å². The summed E-state index contributed by atoms with van der Waals surface area (Å²) in [5, 5.41) is 2.92. The van der Waals surface area contributed by atoms with Crippen LogP contribution in [0.15, 0.2) is 24.3 Å². The molecule has 2 amide bonds. The Kier molecular flexibility index (Phi) is 7.73. The summed E-state index contributed by atoms with van der Waals surface area (Å²) in [5.74, 6) is 0.779.